The lowest BCUT2D eigenvalue weighted by atomic mass is 10.2. The molecule has 0 aliphatic rings. The molecule has 0 radical (unpaired) electrons. The van der Waals surface area contributed by atoms with E-state index in [4.69, 9.17) is 11.6 Å². The molecule has 0 saturated carbocycles. The summed E-state index contributed by atoms with van der Waals surface area (Å²) in [5.74, 6) is -0.179. The summed E-state index contributed by atoms with van der Waals surface area (Å²) in [6.07, 6.45) is 1.25. The van der Waals surface area contributed by atoms with Gasteiger partial charge < -0.3 is 15.6 Å². The molecule has 8 heteroatoms. The molecule has 0 unspecified atom stereocenters. The van der Waals surface area contributed by atoms with Crippen LogP contribution in [-0.2, 0) is 16.0 Å². The van der Waals surface area contributed by atoms with Crippen LogP contribution in [0.25, 0.3) is 11.4 Å². The smallest absolute Gasteiger partial charge is 0.254 e. The van der Waals surface area contributed by atoms with Gasteiger partial charge in [0.05, 0.1) is 6.42 Å². The van der Waals surface area contributed by atoms with Gasteiger partial charge in [-0.2, -0.15) is 0 Å². The molecule has 28 heavy (non-hydrogen) atoms. The summed E-state index contributed by atoms with van der Waals surface area (Å²) in [5, 5.41) is 5.92. The van der Waals surface area contributed by atoms with E-state index in [0.29, 0.717) is 27.8 Å². The molecule has 0 aliphatic carbocycles. The normalized spacial score (nSPS) is 10.4. The van der Waals surface area contributed by atoms with E-state index in [1.165, 1.54) is 13.1 Å². The maximum absolute atomic E-state index is 12.3. The van der Waals surface area contributed by atoms with Gasteiger partial charge in [0.1, 0.15) is 5.82 Å². The van der Waals surface area contributed by atoms with Crippen LogP contribution in [0, 0.1) is 0 Å². The number of carbonyl (C=O) groups is 2. The van der Waals surface area contributed by atoms with Crippen LogP contribution in [0.1, 0.15) is 12.5 Å². The summed E-state index contributed by atoms with van der Waals surface area (Å²) >= 11 is 5.86. The summed E-state index contributed by atoms with van der Waals surface area (Å²) in [6.45, 7) is 1.40. The quantitative estimate of drug-likeness (QED) is 0.615. The fraction of sp³-hybridized carbons (Fsp3) is 0.100. The zero-order chi connectivity index (χ0) is 20.1. The third-order valence-corrected chi connectivity index (χ3v) is 4.06. The van der Waals surface area contributed by atoms with Gasteiger partial charge in [0.15, 0.2) is 0 Å². The molecular formula is C20H17ClN4O3. The van der Waals surface area contributed by atoms with Crippen LogP contribution in [-0.4, -0.2) is 21.8 Å². The fourth-order valence-electron chi connectivity index (χ4n) is 2.56. The van der Waals surface area contributed by atoms with Crippen molar-refractivity contribution in [1.29, 1.82) is 0 Å². The minimum Gasteiger partial charge on any atom is -0.326 e. The van der Waals surface area contributed by atoms with E-state index in [9.17, 15) is 14.4 Å². The van der Waals surface area contributed by atoms with Crippen LogP contribution >= 0.6 is 11.6 Å². The minimum absolute atomic E-state index is 0.131. The standard InChI is InChI=1S/C20H17ClN4O3/c1-12(26)23-16-3-2-4-17(10-16)24-18(27)9-14-11-22-19(25-20(14)28)13-5-7-15(21)8-6-13/h2-8,10-11H,9H2,1H3,(H,23,26)(H,24,27)(H,22,25,28). The Kier molecular flexibility index (Phi) is 5.86. The van der Waals surface area contributed by atoms with Gasteiger partial charge in [-0.3, -0.25) is 14.4 Å². The molecule has 0 atom stereocenters. The number of nitrogens with zero attached hydrogens (tertiary/aromatic N) is 1. The monoisotopic (exact) mass is 396 g/mol. The molecule has 142 valence electrons. The molecule has 0 saturated heterocycles. The van der Waals surface area contributed by atoms with E-state index < -0.39 is 0 Å². The van der Waals surface area contributed by atoms with E-state index in [0.717, 1.165) is 0 Å². The Bertz CT molecular complexity index is 1080. The highest BCUT2D eigenvalue weighted by Crippen LogP contribution is 2.17. The first-order valence-corrected chi connectivity index (χ1v) is 8.80. The second-order valence-corrected chi connectivity index (χ2v) is 6.52. The first kappa shape index (κ1) is 19.3. The number of aromatic amines is 1. The van der Waals surface area contributed by atoms with Gasteiger partial charge in [0.25, 0.3) is 5.56 Å². The predicted molar refractivity (Wildman–Crippen MR) is 108 cm³/mol. The van der Waals surface area contributed by atoms with Gasteiger partial charge in [-0.05, 0) is 42.5 Å². The first-order chi connectivity index (χ1) is 13.4. The molecule has 0 fully saturated rings. The third-order valence-electron chi connectivity index (χ3n) is 3.81. The Hall–Kier alpha value is -3.45. The lowest BCUT2D eigenvalue weighted by Crippen LogP contribution is -2.22. The van der Waals surface area contributed by atoms with Crippen molar-refractivity contribution >= 4 is 34.8 Å². The van der Waals surface area contributed by atoms with E-state index in [-0.39, 0.29) is 29.4 Å². The highest BCUT2D eigenvalue weighted by Gasteiger charge is 2.10. The number of H-pyrrole nitrogens is 1. The molecule has 3 aromatic rings. The summed E-state index contributed by atoms with van der Waals surface area (Å²) in [7, 11) is 0. The molecule has 2 amide bonds. The largest absolute Gasteiger partial charge is 0.326 e. The maximum Gasteiger partial charge on any atom is 0.254 e. The topological polar surface area (TPSA) is 104 Å². The zero-order valence-corrected chi connectivity index (χ0v) is 15.7. The number of aromatic nitrogens is 2. The SMILES string of the molecule is CC(=O)Nc1cccc(NC(=O)Cc2cnc(-c3ccc(Cl)cc3)[nH]c2=O)c1. The molecule has 0 bridgehead atoms. The molecule has 3 N–H and O–H groups in total. The summed E-state index contributed by atoms with van der Waals surface area (Å²) in [5.41, 5.74) is 1.65. The number of anilines is 2. The van der Waals surface area contributed by atoms with Gasteiger partial charge in [0, 0.05) is 40.6 Å². The molecule has 1 aromatic heterocycles. The Morgan fingerprint density at radius 3 is 2.39 bits per heavy atom. The maximum atomic E-state index is 12.3. The summed E-state index contributed by atoms with van der Waals surface area (Å²) in [6, 6.07) is 13.6. The van der Waals surface area contributed by atoms with Crippen LogP contribution in [0.2, 0.25) is 5.02 Å². The van der Waals surface area contributed by atoms with Crippen molar-refractivity contribution in [3.8, 4) is 11.4 Å². The van der Waals surface area contributed by atoms with Crippen molar-refractivity contribution in [3.05, 3.63) is 75.7 Å². The number of amides is 2. The van der Waals surface area contributed by atoms with E-state index in [2.05, 4.69) is 20.6 Å². The lowest BCUT2D eigenvalue weighted by molar-refractivity contribution is -0.116. The Labute approximate surface area is 165 Å². The number of hydrogen-bond donors (Lipinski definition) is 3. The van der Waals surface area contributed by atoms with E-state index in [1.54, 1.807) is 48.5 Å². The second kappa shape index (κ2) is 8.49. The van der Waals surface area contributed by atoms with E-state index in [1.807, 2.05) is 0 Å². The number of benzene rings is 2. The number of halogens is 1. The predicted octanol–water partition coefficient (Wildman–Crippen LogP) is 3.23. The highest BCUT2D eigenvalue weighted by atomic mass is 35.5. The fourth-order valence-corrected chi connectivity index (χ4v) is 2.68. The Morgan fingerprint density at radius 2 is 1.75 bits per heavy atom. The summed E-state index contributed by atoms with van der Waals surface area (Å²) < 4.78 is 0. The van der Waals surface area contributed by atoms with Crippen LogP contribution in [0.4, 0.5) is 11.4 Å². The van der Waals surface area contributed by atoms with Crippen molar-refractivity contribution in [2.75, 3.05) is 10.6 Å². The van der Waals surface area contributed by atoms with Crippen molar-refractivity contribution in [2.24, 2.45) is 0 Å². The van der Waals surface area contributed by atoms with Crippen molar-refractivity contribution in [2.45, 2.75) is 13.3 Å². The average Bonchev–Trinajstić information content (AvgIpc) is 2.64. The molecule has 0 spiro atoms. The molecular weight excluding hydrogens is 380 g/mol. The number of hydrogen-bond acceptors (Lipinski definition) is 4. The van der Waals surface area contributed by atoms with Crippen LogP contribution < -0.4 is 16.2 Å². The van der Waals surface area contributed by atoms with Crippen LogP contribution in [0.5, 0.6) is 0 Å². The summed E-state index contributed by atoms with van der Waals surface area (Å²) in [4.78, 5) is 42.6. The van der Waals surface area contributed by atoms with Gasteiger partial charge in [-0.15, -0.1) is 0 Å². The lowest BCUT2D eigenvalue weighted by Gasteiger charge is -2.08. The Morgan fingerprint density at radius 1 is 1.07 bits per heavy atom. The third kappa shape index (κ3) is 5.05. The van der Waals surface area contributed by atoms with E-state index >= 15 is 0 Å². The molecule has 0 aliphatic heterocycles. The Balaban J connectivity index is 1.70. The molecule has 3 rings (SSSR count). The second-order valence-electron chi connectivity index (χ2n) is 6.08. The number of carbonyl (C=O) groups excluding carboxylic acids is 2. The average molecular weight is 397 g/mol. The van der Waals surface area contributed by atoms with Crippen LogP contribution in [0.15, 0.2) is 59.5 Å². The van der Waals surface area contributed by atoms with Crippen molar-refractivity contribution in [1.82, 2.24) is 9.97 Å². The van der Waals surface area contributed by atoms with Crippen LogP contribution in [0.3, 0.4) is 0 Å². The molecule has 7 nitrogen and oxygen atoms in total. The first-order valence-electron chi connectivity index (χ1n) is 8.42. The van der Waals surface area contributed by atoms with Crippen molar-refractivity contribution < 1.29 is 9.59 Å². The molecule has 1 heterocycles. The minimum atomic E-state index is -0.387. The van der Waals surface area contributed by atoms with Gasteiger partial charge in [-0.25, -0.2) is 4.98 Å². The van der Waals surface area contributed by atoms with Gasteiger partial charge >= 0.3 is 0 Å². The molecule has 2 aromatic carbocycles. The number of rotatable bonds is 5. The number of nitrogens with one attached hydrogen (secondary N) is 3. The zero-order valence-electron chi connectivity index (χ0n) is 15.0. The highest BCUT2D eigenvalue weighted by molar-refractivity contribution is 6.30. The van der Waals surface area contributed by atoms with Crippen molar-refractivity contribution in [3.63, 3.8) is 0 Å². The van der Waals surface area contributed by atoms with Gasteiger partial charge in [0.2, 0.25) is 11.8 Å². The van der Waals surface area contributed by atoms with Gasteiger partial charge in [-0.1, -0.05) is 17.7 Å².